The van der Waals surface area contributed by atoms with E-state index in [9.17, 15) is 4.79 Å². The molecule has 1 aliphatic heterocycles. The van der Waals surface area contributed by atoms with Crippen molar-refractivity contribution >= 4 is 5.91 Å². The molecule has 2 heterocycles. The number of likely N-dealkylation sites (tertiary alicyclic amines) is 1. The van der Waals surface area contributed by atoms with E-state index in [2.05, 4.69) is 41.3 Å². The molecule has 0 saturated carbocycles. The molecule has 2 atom stereocenters. The summed E-state index contributed by atoms with van der Waals surface area (Å²) in [7, 11) is 1.70. The highest BCUT2D eigenvalue weighted by Crippen LogP contribution is 2.27. The van der Waals surface area contributed by atoms with Crippen molar-refractivity contribution in [2.24, 2.45) is 11.8 Å². The lowest BCUT2D eigenvalue weighted by molar-refractivity contribution is -0.119. The Morgan fingerprint density at radius 3 is 2.78 bits per heavy atom. The number of aromatic nitrogens is 2. The second-order valence-electron chi connectivity index (χ2n) is 7.76. The molecule has 1 amide bonds. The summed E-state index contributed by atoms with van der Waals surface area (Å²) in [6.45, 7) is 9.52. The number of nitrogens with zero attached hydrogens (tertiary/aromatic N) is 3. The van der Waals surface area contributed by atoms with E-state index in [1.165, 1.54) is 5.56 Å². The second-order valence-corrected chi connectivity index (χ2v) is 7.76. The Labute approximate surface area is 161 Å². The number of carbonyl (C=O) groups excluding carboxylic acids is 1. The predicted octanol–water partition coefficient (Wildman–Crippen LogP) is 2.53. The van der Waals surface area contributed by atoms with Crippen LogP contribution in [0.3, 0.4) is 0 Å². The molecule has 3 rings (SSSR count). The standard InChI is InChI=1S/C21H30N4O2/c1-15(2)19-13-24(14-20(19)23-16(3)26)11-17-6-7-21(27-4)18(10-17)12-25-9-5-8-22-25/h5-10,15,19-20H,11-14H2,1-4H3,(H,23,26)/t19-,20+/m0/s1. The van der Waals surface area contributed by atoms with Gasteiger partial charge >= 0.3 is 0 Å². The molecule has 6 heteroatoms. The van der Waals surface area contributed by atoms with Crippen LogP contribution < -0.4 is 10.1 Å². The third-order valence-corrected chi connectivity index (χ3v) is 5.33. The zero-order valence-electron chi connectivity index (χ0n) is 16.7. The first-order valence-corrected chi connectivity index (χ1v) is 9.59. The molecule has 1 aliphatic rings. The normalized spacial score (nSPS) is 20.2. The quantitative estimate of drug-likeness (QED) is 0.814. The molecule has 146 valence electrons. The summed E-state index contributed by atoms with van der Waals surface area (Å²) in [5.41, 5.74) is 2.38. The highest BCUT2D eigenvalue weighted by atomic mass is 16.5. The number of amides is 1. The van der Waals surface area contributed by atoms with Gasteiger partial charge in [-0.3, -0.25) is 14.4 Å². The van der Waals surface area contributed by atoms with Crippen LogP contribution in [0, 0.1) is 11.8 Å². The molecule has 1 aromatic carbocycles. The van der Waals surface area contributed by atoms with Crippen molar-refractivity contribution < 1.29 is 9.53 Å². The summed E-state index contributed by atoms with van der Waals surface area (Å²) in [6, 6.07) is 8.52. The van der Waals surface area contributed by atoms with Crippen molar-refractivity contribution in [3.63, 3.8) is 0 Å². The van der Waals surface area contributed by atoms with Crippen LogP contribution in [0.1, 0.15) is 31.9 Å². The fourth-order valence-electron chi connectivity index (χ4n) is 4.01. The zero-order valence-corrected chi connectivity index (χ0v) is 16.7. The van der Waals surface area contributed by atoms with E-state index in [-0.39, 0.29) is 11.9 Å². The third-order valence-electron chi connectivity index (χ3n) is 5.33. The minimum atomic E-state index is 0.0541. The minimum absolute atomic E-state index is 0.0541. The van der Waals surface area contributed by atoms with Crippen LogP contribution >= 0.6 is 0 Å². The maximum atomic E-state index is 11.5. The number of ether oxygens (including phenoxy) is 1. The van der Waals surface area contributed by atoms with Crippen LogP contribution in [-0.2, 0) is 17.9 Å². The van der Waals surface area contributed by atoms with E-state index < -0.39 is 0 Å². The minimum Gasteiger partial charge on any atom is -0.496 e. The number of hydrogen-bond acceptors (Lipinski definition) is 4. The van der Waals surface area contributed by atoms with Gasteiger partial charge in [-0.2, -0.15) is 5.10 Å². The van der Waals surface area contributed by atoms with Gasteiger partial charge in [0.25, 0.3) is 0 Å². The molecule has 0 aliphatic carbocycles. The molecule has 1 saturated heterocycles. The first-order valence-electron chi connectivity index (χ1n) is 9.59. The number of benzene rings is 1. The van der Waals surface area contributed by atoms with E-state index >= 15 is 0 Å². The maximum Gasteiger partial charge on any atom is 0.217 e. The van der Waals surface area contributed by atoms with Gasteiger partial charge in [0.05, 0.1) is 13.7 Å². The lowest BCUT2D eigenvalue weighted by Crippen LogP contribution is -2.40. The Kier molecular flexibility index (Phi) is 6.16. The van der Waals surface area contributed by atoms with E-state index in [0.29, 0.717) is 18.4 Å². The van der Waals surface area contributed by atoms with Gasteiger partial charge in [0.1, 0.15) is 5.75 Å². The smallest absolute Gasteiger partial charge is 0.217 e. The molecular weight excluding hydrogens is 340 g/mol. The van der Waals surface area contributed by atoms with Crippen molar-refractivity contribution in [1.29, 1.82) is 0 Å². The molecule has 2 aromatic rings. The largest absolute Gasteiger partial charge is 0.496 e. The van der Waals surface area contributed by atoms with Gasteiger partial charge in [0.2, 0.25) is 5.91 Å². The van der Waals surface area contributed by atoms with Gasteiger partial charge in [-0.1, -0.05) is 19.9 Å². The number of rotatable bonds is 7. The van der Waals surface area contributed by atoms with Gasteiger partial charge < -0.3 is 10.1 Å². The van der Waals surface area contributed by atoms with E-state index in [1.54, 1.807) is 20.2 Å². The number of carbonyl (C=O) groups is 1. The van der Waals surface area contributed by atoms with Gasteiger partial charge in [-0.15, -0.1) is 0 Å². The molecule has 0 radical (unpaired) electrons. The predicted molar refractivity (Wildman–Crippen MR) is 106 cm³/mol. The Hall–Kier alpha value is -2.34. The monoisotopic (exact) mass is 370 g/mol. The van der Waals surface area contributed by atoms with Gasteiger partial charge in [-0.25, -0.2) is 0 Å². The van der Waals surface area contributed by atoms with E-state index in [4.69, 9.17) is 4.74 Å². The summed E-state index contributed by atoms with van der Waals surface area (Å²) in [5.74, 6) is 1.96. The van der Waals surface area contributed by atoms with Crippen LogP contribution in [-0.4, -0.2) is 46.8 Å². The number of hydrogen-bond donors (Lipinski definition) is 1. The molecule has 1 N–H and O–H groups in total. The molecular formula is C21H30N4O2. The van der Waals surface area contributed by atoms with Gasteiger partial charge in [-0.05, 0) is 35.6 Å². The van der Waals surface area contributed by atoms with Crippen LogP contribution in [0.5, 0.6) is 5.75 Å². The molecule has 0 unspecified atom stereocenters. The summed E-state index contributed by atoms with van der Waals surface area (Å²) in [6.07, 6.45) is 3.74. The van der Waals surface area contributed by atoms with Crippen LogP contribution in [0.2, 0.25) is 0 Å². The SMILES string of the molecule is COc1ccc(CN2C[C@@H](NC(C)=O)[C@H](C(C)C)C2)cc1Cn1cccn1. The summed E-state index contributed by atoms with van der Waals surface area (Å²) in [4.78, 5) is 14.0. The van der Waals surface area contributed by atoms with Crippen molar-refractivity contribution in [1.82, 2.24) is 20.0 Å². The molecule has 0 bridgehead atoms. The Balaban J connectivity index is 1.72. The van der Waals surface area contributed by atoms with Crippen molar-refractivity contribution in [2.45, 2.75) is 39.9 Å². The highest BCUT2D eigenvalue weighted by Gasteiger charge is 2.34. The highest BCUT2D eigenvalue weighted by molar-refractivity contribution is 5.73. The summed E-state index contributed by atoms with van der Waals surface area (Å²) >= 11 is 0. The first kappa shape index (κ1) is 19.4. The number of methoxy groups -OCH3 is 1. The van der Waals surface area contributed by atoms with Crippen LogP contribution in [0.4, 0.5) is 0 Å². The summed E-state index contributed by atoms with van der Waals surface area (Å²) in [5, 5.41) is 7.43. The molecule has 1 fully saturated rings. The fourth-order valence-corrected chi connectivity index (χ4v) is 4.01. The third kappa shape index (κ3) is 4.89. The lowest BCUT2D eigenvalue weighted by atomic mass is 9.91. The Bertz CT molecular complexity index is 758. The zero-order chi connectivity index (χ0) is 19.4. The van der Waals surface area contributed by atoms with Crippen molar-refractivity contribution in [2.75, 3.05) is 20.2 Å². The van der Waals surface area contributed by atoms with E-state index in [0.717, 1.165) is 30.9 Å². The average Bonchev–Trinajstić information content (AvgIpc) is 3.25. The fraction of sp³-hybridized carbons (Fsp3) is 0.524. The maximum absolute atomic E-state index is 11.5. The van der Waals surface area contributed by atoms with Crippen LogP contribution in [0.25, 0.3) is 0 Å². The molecule has 1 aromatic heterocycles. The average molecular weight is 370 g/mol. The second kappa shape index (κ2) is 8.57. The lowest BCUT2D eigenvalue weighted by Gasteiger charge is -2.22. The molecule has 0 spiro atoms. The van der Waals surface area contributed by atoms with Gasteiger partial charge in [0, 0.05) is 50.6 Å². The molecule has 27 heavy (non-hydrogen) atoms. The van der Waals surface area contributed by atoms with Crippen LogP contribution in [0.15, 0.2) is 36.7 Å². The van der Waals surface area contributed by atoms with E-state index in [1.807, 2.05) is 23.0 Å². The van der Waals surface area contributed by atoms with Gasteiger partial charge in [0.15, 0.2) is 0 Å². The molecule has 6 nitrogen and oxygen atoms in total. The van der Waals surface area contributed by atoms with Crippen molar-refractivity contribution in [3.8, 4) is 5.75 Å². The first-order chi connectivity index (χ1) is 13.0. The summed E-state index contributed by atoms with van der Waals surface area (Å²) < 4.78 is 7.43. The number of nitrogens with one attached hydrogen (secondary N) is 1. The van der Waals surface area contributed by atoms with Crippen molar-refractivity contribution in [3.05, 3.63) is 47.8 Å². The Morgan fingerprint density at radius 1 is 1.33 bits per heavy atom. The topological polar surface area (TPSA) is 59.4 Å². The Morgan fingerprint density at radius 2 is 2.15 bits per heavy atom.